The molecule has 2 aromatic rings. The number of nitrogens with zero attached hydrogens (tertiary/aromatic N) is 2. The molecular formula is C31H41N5O7. The highest BCUT2D eigenvalue weighted by molar-refractivity contribution is 6.01. The zero-order chi connectivity index (χ0) is 30.5. The first kappa shape index (κ1) is 30.3. The number of para-hydroxylation sites is 1. The maximum Gasteiger partial charge on any atom is 0.321 e. The summed E-state index contributed by atoms with van der Waals surface area (Å²) in [5.74, 6) is 0.893. The number of aliphatic hydroxyl groups is 1. The fourth-order valence-corrected chi connectivity index (χ4v) is 5.70. The van der Waals surface area contributed by atoms with E-state index in [0.717, 1.165) is 25.7 Å². The molecule has 0 bridgehead atoms. The first-order chi connectivity index (χ1) is 20.7. The molecule has 5 rings (SSSR count). The number of nitrogens with one attached hydrogen (secondary N) is 3. The van der Waals surface area contributed by atoms with Gasteiger partial charge in [0.25, 0.3) is 5.91 Å². The summed E-state index contributed by atoms with van der Waals surface area (Å²) in [6.07, 6.45) is 4.66. The molecule has 3 atom stereocenters. The molecule has 232 valence electrons. The SMILES string of the molecule is C[C@H]1CN([C@@H](C)CO)C(=O)c2cccc(NC(=O)NC3CCCCC3)c2O[C@@H]1CN(C)C(=O)Nc1ccc2c(c1)OCO2. The van der Waals surface area contributed by atoms with Crippen LogP contribution >= 0.6 is 0 Å². The van der Waals surface area contributed by atoms with Crippen LogP contribution in [0.5, 0.6) is 17.2 Å². The fraction of sp³-hybridized carbons (Fsp3) is 0.516. The molecule has 3 aliphatic rings. The van der Waals surface area contributed by atoms with Gasteiger partial charge in [-0.15, -0.1) is 0 Å². The molecule has 0 spiro atoms. The van der Waals surface area contributed by atoms with E-state index in [1.807, 2.05) is 6.92 Å². The van der Waals surface area contributed by atoms with Gasteiger partial charge in [0.1, 0.15) is 6.10 Å². The number of carbonyl (C=O) groups excluding carboxylic acids is 3. The molecule has 2 aromatic carbocycles. The summed E-state index contributed by atoms with van der Waals surface area (Å²) < 4.78 is 17.3. The van der Waals surface area contributed by atoms with Crippen LogP contribution in [0.4, 0.5) is 21.0 Å². The Labute approximate surface area is 251 Å². The molecule has 1 fully saturated rings. The van der Waals surface area contributed by atoms with Gasteiger partial charge < -0.3 is 45.1 Å². The number of likely N-dealkylation sites (N-methyl/N-ethyl adjacent to an activating group) is 1. The van der Waals surface area contributed by atoms with Crippen LogP contribution in [0.1, 0.15) is 56.3 Å². The van der Waals surface area contributed by atoms with Crippen LogP contribution in [-0.2, 0) is 0 Å². The van der Waals surface area contributed by atoms with Gasteiger partial charge in [-0.1, -0.05) is 32.3 Å². The van der Waals surface area contributed by atoms with Crippen molar-refractivity contribution >= 4 is 29.3 Å². The number of hydrogen-bond donors (Lipinski definition) is 4. The van der Waals surface area contributed by atoms with Gasteiger partial charge in [0.2, 0.25) is 6.79 Å². The second kappa shape index (κ2) is 13.4. The molecule has 12 heteroatoms. The van der Waals surface area contributed by atoms with Crippen molar-refractivity contribution in [1.82, 2.24) is 15.1 Å². The Morgan fingerprint density at radius 2 is 1.86 bits per heavy atom. The summed E-state index contributed by atoms with van der Waals surface area (Å²) in [5.41, 5.74) is 1.20. The highest BCUT2D eigenvalue weighted by Crippen LogP contribution is 2.36. The molecule has 2 aliphatic heterocycles. The van der Waals surface area contributed by atoms with Crippen LogP contribution < -0.4 is 30.2 Å². The van der Waals surface area contributed by atoms with Gasteiger partial charge in [0.05, 0.1) is 30.4 Å². The van der Waals surface area contributed by atoms with Crippen LogP contribution in [0.3, 0.4) is 0 Å². The van der Waals surface area contributed by atoms with Crippen molar-refractivity contribution in [2.75, 3.05) is 44.2 Å². The minimum Gasteiger partial charge on any atom is -0.485 e. The molecule has 0 radical (unpaired) electrons. The predicted octanol–water partition coefficient (Wildman–Crippen LogP) is 4.25. The Balaban J connectivity index is 1.36. The summed E-state index contributed by atoms with van der Waals surface area (Å²) in [5, 5.41) is 18.8. The Bertz CT molecular complexity index is 1330. The number of fused-ring (bicyclic) bond motifs is 2. The molecule has 2 heterocycles. The third kappa shape index (κ3) is 7.07. The van der Waals surface area contributed by atoms with Crippen molar-refractivity contribution in [3.05, 3.63) is 42.0 Å². The molecule has 1 saturated carbocycles. The smallest absolute Gasteiger partial charge is 0.321 e. The fourth-order valence-electron chi connectivity index (χ4n) is 5.70. The third-order valence-electron chi connectivity index (χ3n) is 8.30. The van der Waals surface area contributed by atoms with Crippen LogP contribution in [-0.4, -0.2) is 84.6 Å². The number of carbonyl (C=O) groups is 3. The summed E-state index contributed by atoms with van der Waals surface area (Å²) in [7, 11) is 1.67. The van der Waals surface area contributed by atoms with E-state index in [0.29, 0.717) is 29.4 Å². The number of benzene rings is 2. The summed E-state index contributed by atoms with van der Waals surface area (Å²) in [4.78, 5) is 43.0. The molecule has 0 saturated heterocycles. The number of rotatable bonds is 7. The monoisotopic (exact) mass is 595 g/mol. The number of amides is 5. The first-order valence-electron chi connectivity index (χ1n) is 14.9. The van der Waals surface area contributed by atoms with E-state index in [-0.39, 0.29) is 61.2 Å². The van der Waals surface area contributed by atoms with E-state index in [4.69, 9.17) is 14.2 Å². The highest BCUT2D eigenvalue weighted by atomic mass is 16.7. The van der Waals surface area contributed by atoms with Crippen molar-refractivity contribution in [3.63, 3.8) is 0 Å². The van der Waals surface area contributed by atoms with E-state index >= 15 is 0 Å². The maximum absolute atomic E-state index is 13.7. The Hall–Kier alpha value is -4.19. The lowest BCUT2D eigenvalue weighted by atomic mass is 9.96. The second-order valence-electron chi connectivity index (χ2n) is 11.6. The van der Waals surface area contributed by atoms with E-state index in [2.05, 4.69) is 16.0 Å². The lowest BCUT2D eigenvalue weighted by Crippen LogP contribution is -2.50. The van der Waals surface area contributed by atoms with E-state index in [1.165, 1.54) is 11.3 Å². The second-order valence-corrected chi connectivity index (χ2v) is 11.6. The van der Waals surface area contributed by atoms with Gasteiger partial charge in [-0.25, -0.2) is 9.59 Å². The van der Waals surface area contributed by atoms with Crippen LogP contribution in [0.2, 0.25) is 0 Å². The predicted molar refractivity (Wildman–Crippen MR) is 161 cm³/mol. The molecule has 1 aliphatic carbocycles. The average molecular weight is 596 g/mol. The number of anilines is 2. The third-order valence-corrected chi connectivity index (χ3v) is 8.30. The van der Waals surface area contributed by atoms with Crippen molar-refractivity contribution in [1.29, 1.82) is 0 Å². The van der Waals surface area contributed by atoms with Gasteiger partial charge in [0, 0.05) is 37.3 Å². The first-order valence-corrected chi connectivity index (χ1v) is 14.9. The Morgan fingerprint density at radius 1 is 1.09 bits per heavy atom. The van der Waals surface area contributed by atoms with E-state index < -0.39 is 12.1 Å². The molecular weight excluding hydrogens is 554 g/mol. The van der Waals surface area contributed by atoms with Crippen LogP contribution in [0.25, 0.3) is 0 Å². The maximum atomic E-state index is 13.7. The number of aliphatic hydroxyl groups excluding tert-OH is 1. The number of ether oxygens (including phenoxy) is 3. The molecule has 5 amide bonds. The van der Waals surface area contributed by atoms with Gasteiger partial charge >= 0.3 is 12.1 Å². The van der Waals surface area contributed by atoms with Gasteiger partial charge in [-0.3, -0.25) is 4.79 Å². The number of hydrogen-bond acceptors (Lipinski definition) is 7. The lowest BCUT2D eigenvalue weighted by Gasteiger charge is -2.38. The lowest BCUT2D eigenvalue weighted by molar-refractivity contribution is 0.0373. The minimum atomic E-state index is -0.544. The van der Waals surface area contributed by atoms with Crippen LogP contribution in [0, 0.1) is 5.92 Å². The Kier molecular flexibility index (Phi) is 9.44. The summed E-state index contributed by atoms with van der Waals surface area (Å²) >= 11 is 0. The van der Waals surface area contributed by atoms with Gasteiger partial charge in [-0.2, -0.15) is 0 Å². The van der Waals surface area contributed by atoms with Crippen molar-refractivity contribution in [2.45, 2.75) is 64.1 Å². The molecule has 0 aromatic heterocycles. The zero-order valence-electron chi connectivity index (χ0n) is 24.9. The zero-order valence-corrected chi connectivity index (χ0v) is 24.9. The largest absolute Gasteiger partial charge is 0.485 e. The molecule has 43 heavy (non-hydrogen) atoms. The van der Waals surface area contributed by atoms with Crippen molar-refractivity contribution in [3.8, 4) is 17.2 Å². The van der Waals surface area contributed by atoms with Crippen LogP contribution in [0.15, 0.2) is 36.4 Å². The molecule has 4 N–H and O–H groups in total. The average Bonchev–Trinajstić information content (AvgIpc) is 3.47. The number of urea groups is 2. The van der Waals surface area contributed by atoms with Crippen molar-refractivity contribution < 1.29 is 33.7 Å². The minimum absolute atomic E-state index is 0.104. The van der Waals surface area contributed by atoms with Crippen molar-refractivity contribution in [2.24, 2.45) is 5.92 Å². The van der Waals surface area contributed by atoms with E-state index in [9.17, 15) is 19.5 Å². The standard InChI is InChI=1S/C31H41N5O7/c1-19-15-36(20(2)17-37)29(38)23-10-7-11-24(34-30(39)32-21-8-5-4-6-9-21)28(23)43-27(19)16-35(3)31(40)33-22-12-13-25-26(14-22)42-18-41-25/h7,10-14,19-21,27,37H,4-6,8-9,15-18H2,1-3H3,(H,33,40)(H2,32,34,39)/t19-,20-,27+/m0/s1. The van der Waals surface area contributed by atoms with Gasteiger partial charge in [0.15, 0.2) is 17.2 Å². The topological polar surface area (TPSA) is 142 Å². The van der Waals surface area contributed by atoms with E-state index in [1.54, 1.807) is 55.3 Å². The Morgan fingerprint density at radius 3 is 2.63 bits per heavy atom. The molecule has 0 unspecified atom stereocenters. The van der Waals surface area contributed by atoms with Gasteiger partial charge in [-0.05, 0) is 44.0 Å². The quantitative estimate of drug-likeness (QED) is 0.375. The summed E-state index contributed by atoms with van der Waals surface area (Å²) in [6.45, 7) is 4.15. The molecule has 12 nitrogen and oxygen atoms in total. The highest BCUT2D eigenvalue weighted by Gasteiger charge is 2.35. The summed E-state index contributed by atoms with van der Waals surface area (Å²) in [6, 6.07) is 9.18. The normalized spacial score (nSPS) is 20.7.